The molecule has 0 radical (unpaired) electrons. The molecule has 92 valence electrons. The fraction of sp³-hybridized carbons (Fsp3) is 0.692. The van der Waals surface area contributed by atoms with Crippen LogP contribution in [0.2, 0.25) is 0 Å². The van der Waals surface area contributed by atoms with Crippen LogP contribution in [0.15, 0.2) is 12.2 Å². The van der Waals surface area contributed by atoms with Gasteiger partial charge in [-0.15, -0.1) is 0 Å². The molecule has 0 aromatic rings. The molecule has 0 aliphatic heterocycles. The predicted molar refractivity (Wildman–Crippen MR) is 64.2 cm³/mol. The Labute approximate surface area is 97.9 Å². The standard InChI is InChI=1S/C13H22O3/c1-13(15)16-12-10-8-6-4-2-3-5-7-9-11-14/h7,9,11H,2-6,8,10,12H2,1H3. The summed E-state index contributed by atoms with van der Waals surface area (Å²) >= 11 is 0. The lowest BCUT2D eigenvalue weighted by atomic mass is 10.1. The van der Waals surface area contributed by atoms with Crippen molar-refractivity contribution in [3.63, 3.8) is 0 Å². The van der Waals surface area contributed by atoms with Crippen LogP contribution in [-0.2, 0) is 14.3 Å². The molecule has 16 heavy (non-hydrogen) atoms. The van der Waals surface area contributed by atoms with Crippen LogP contribution >= 0.6 is 0 Å². The summed E-state index contributed by atoms with van der Waals surface area (Å²) in [4.78, 5) is 20.4. The third-order valence-corrected chi connectivity index (χ3v) is 2.29. The first-order valence-corrected chi connectivity index (χ1v) is 6.01. The smallest absolute Gasteiger partial charge is 0.302 e. The van der Waals surface area contributed by atoms with Crippen LogP contribution < -0.4 is 0 Å². The quantitative estimate of drug-likeness (QED) is 0.249. The van der Waals surface area contributed by atoms with Gasteiger partial charge in [-0.3, -0.25) is 9.59 Å². The summed E-state index contributed by atoms with van der Waals surface area (Å²) in [5.74, 6) is -0.193. The molecule has 0 atom stereocenters. The van der Waals surface area contributed by atoms with Crippen LogP contribution in [0.3, 0.4) is 0 Å². The van der Waals surface area contributed by atoms with Crippen LogP contribution in [0.1, 0.15) is 51.9 Å². The number of unbranched alkanes of at least 4 members (excludes halogenated alkanes) is 6. The minimum Gasteiger partial charge on any atom is -0.466 e. The number of rotatable bonds is 10. The highest BCUT2D eigenvalue weighted by Gasteiger charge is 1.93. The van der Waals surface area contributed by atoms with Crippen LogP contribution in [0, 0.1) is 0 Å². The fourth-order valence-electron chi connectivity index (χ4n) is 1.44. The maximum absolute atomic E-state index is 10.5. The molecule has 0 N–H and O–H groups in total. The van der Waals surface area contributed by atoms with Gasteiger partial charge in [-0.1, -0.05) is 31.8 Å². The molecule has 0 rings (SSSR count). The molecule has 0 aromatic carbocycles. The molecule has 0 aromatic heterocycles. The van der Waals surface area contributed by atoms with Gasteiger partial charge in [0.1, 0.15) is 6.29 Å². The lowest BCUT2D eigenvalue weighted by molar-refractivity contribution is -0.141. The van der Waals surface area contributed by atoms with Crippen LogP contribution in [0.4, 0.5) is 0 Å². The van der Waals surface area contributed by atoms with E-state index in [0.717, 1.165) is 32.0 Å². The van der Waals surface area contributed by atoms with E-state index in [4.69, 9.17) is 4.74 Å². The SMILES string of the molecule is CC(=O)OCCCCCCCCC=CC=O. The highest BCUT2D eigenvalue weighted by Crippen LogP contribution is 2.07. The molecule has 0 aliphatic rings. The first kappa shape index (κ1) is 14.9. The topological polar surface area (TPSA) is 43.4 Å². The summed E-state index contributed by atoms with van der Waals surface area (Å²) in [6.07, 6.45) is 12.1. The van der Waals surface area contributed by atoms with E-state index in [0.29, 0.717) is 6.61 Å². The van der Waals surface area contributed by atoms with Crippen molar-refractivity contribution in [2.45, 2.75) is 51.9 Å². The second-order valence-corrected chi connectivity index (χ2v) is 3.81. The number of hydrogen-bond donors (Lipinski definition) is 0. The van der Waals surface area contributed by atoms with E-state index in [9.17, 15) is 9.59 Å². The van der Waals surface area contributed by atoms with Crippen molar-refractivity contribution in [3.05, 3.63) is 12.2 Å². The molecular formula is C13H22O3. The van der Waals surface area contributed by atoms with Crippen molar-refractivity contribution in [1.29, 1.82) is 0 Å². The third kappa shape index (κ3) is 12.9. The maximum atomic E-state index is 10.5. The molecular weight excluding hydrogens is 204 g/mol. The van der Waals surface area contributed by atoms with Crippen molar-refractivity contribution >= 4 is 12.3 Å². The van der Waals surface area contributed by atoms with Gasteiger partial charge >= 0.3 is 5.97 Å². The average molecular weight is 226 g/mol. The molecule has 3 nitrogen and oxygen atoms in total. The Balaban J connectivity index is 3.01. The number of hydrogen-bond acceptors (Lipinski definition) is 3. The van der Waals surface area contributed by atoms with Gasteiger partial charge in [-0.2, -0.15) is 0 Å². The van der Waals surface area contributed by atoms with Gasteiger partial charge < -0.3 is 4.74 Å². The summed E-state index contributed by atoms with van der Waals surface area (Å²) in [7, 11) is 0. The summed E-state index contributed by atoms with van der Waals surface area (Å²) in [5.41, 5.74) is 0. The molecule has 0 bridgehead atoms. The number of carbonyl (C=O) groups excluding carboxylic acids is 2. The fourth-order valence-corrected chi connectivity index (χ4v) is 1.44. The molecule has 0 amide bonds. The second kappa shape index (κ2) is 12.0. The molecule has 0 saturated heterocycles. The molecule has 0 aliphatic carbocycles. The monoisotopic (exact) mass is 226 g/mol. The average Bonchev–Trinajstić information content (AvgIpc) is 2.25. The van der Waals surface area contributed by atoms with Gasteiger partial charge in [0.25, 0.3) is 0 Å². The Morgan fingerprint density at radius 2 is 1.69 bits per heavy atom. The highest BCUT2D eigenvalue weighted by molar-refractivity contribution is 5.65. The maximum Gasteiger partial charge on any atom is 0.302 e. The Kier molecular flexibility index (Phi) is 11.1. The summed E-state index contributed by atoms with van der Waals surface area (Å²) in [6, 6.07) is 0. The number of esters is 1. The Bertz CT molecular complexity index is 209. The molecule has 3 heteroatoms. The van der Waals surface area contributed by atoms with Crippen molar-refractivity contribution in [1.82, 2.24) is 0 Å². The number of allylic oxidation sites excluding steroid dienone is 2. The normalized spacial score (nSPS) is 10.6. The highest BCUT2D eigenvalue weighted by atomic mass is 16.5. The van der Waals surface area contributed by atoms with Crippen LogP contribution in [0.5, 0.6) is 0 Å². The zero-order valence-electron chi connectivity index (χ0n) is 10.1. The van der Waals surface area contributed by atoms with Crippen LogP contribution in [-0.4, -0.2) is 18.9 Å². The lowest BCUT2D eigenvalue weighted by Crippen LogP contribution is -1.99. The first-order valence-electron chi connectivity index (χ1n) is 6.01. The minimum atomic E-state index is -0.193. The third-order valence-electron chi connectivity index (χ3n) is 2.29. The predicted octanol–water partition coefficient (Wildman–Crippen LogP) is 3.04. The van der Waals surface area contributed by atoms with E-state index in [1.807, 2.05) is 6.08 Å². The van der Waals surface area contributed by atoms with Gasteiger partial charge in [-0.25, -0.2) is 0 Å². The molecule has 0 spiro atoms. The lowest BCUT2D eigenvalue weighted by Gasteiger charge is -2.01. The zero-order chi connectivity index (χ0) is 12.1. The van der Waals surface area contributed by atoms with E-state index in [1.165, 1.54) is 26.2 Å². The van der Waals surface area contributed by atoms with Crippen molar-refractivity contribution < 1.29 is 14.3 Å². The van der Waals surface area contributed by atoms with Crippen LogP contribution in [0.25, 0.3) is 0 Å². The summed E-state index contributed by atoms with van der Waals surface area (Å²) in [5, 5.41) is 0. The zero-order valence-corrected chi connectivity index (χ0v) is 10.1. The molecule has 0 saturated carbocycles. The molecule has 0 unspecified atom stereocenters. The Morgan fingerprint density at radius 3 is 2.31 bits per heavy atom. The number of ether oxygens (including phenoxy) is 1. The van der Waals surface area contributed by atoms with E-state index >= 15 is 0 Å². The van der Waals surface area contributed by atoms with E-state index in [2.05, 4.69) is 0 Å². The minimum absolute atomic E-state index is 0.193. The van der Waals surface area contributed by atoms with E-state index in [1.54, 1.807) is 6.08 Å². The van der Waals surface area contributed by atoms with E-state index < -0.39 is 0 Å². The molecule has 0 fully saturated rings. The summed E-state index contributed by atoms with van der Waals surface area (Å²) < 4.78 is 4.83. The van der Waals surface area contributed by atoms with Gasteiger partial charge in [0.15, 0.2) is 0 Å². The number of carbonyl (C=O) groups is 2. The largest absolute Gasteiger partial charge is 0.466 e. The van der Waals surface area contributed by atoms with Crippen molar-refractivity contribution in [2.75, 3.05) is 6.61 Å². The van der Waals surface area contributed by atoms with Gasteiger partial charge in [0, 0.05) is 6.92 Å². The molecule has 0 heterocycles. The Hall–Kier alpha value is -1.12. The van der Waals surface area contributed by atoms with E-state index in [-0.39, 0.29) is 5.97 Å². The van der Waals surface area contributed by atoms with Crippen molar-refractivity contribution in [2.24, 2.45) is 0 Å². The van der Waals surface area contributed by atoms with Crippen molar-refractivity contribution in [3.8, 4) is 0 Å². The summed E-state index contributed by atoms with van der Waals surface area (Å²) in [6.45, 7) is 1.99. The van der Waals surface area contributed by atoms with Gasteiger partial charge in [0.2, 0.25) is 0 Å². The van der Waals surface area contributed by atoms with Gasteiger partial charge in [-0.05, 0) is 25.3 Å². The number of aldehydes is 1. The Morgan fingerprint density at radius 1 is 1.06 bits per heavy atom. The first-order chi connectivity index (χ1) is 7.77. The van der Waals surface area contributed by atoms with Gasteiger partial charge in [0.05, 0.1) is 6.61 Å². The second-order valence-electron chi connectivity index (χ2n) is 3.81.